The summed E-state index contributed by atoms with van der Waals surface area (Å²) in [5.74, 6) is 1.49. The van der Waals surface area contributed by atoms with Crippen molar-refractivity contribution in [1.29, 1.82) is 0 Å². The molecule has 3 rings (SSSR count). The molecule has 0 aliphatic carbocycles. The zero-order valence-electron chi connectivity index (χ0n) is 16.8. The van der Waals surface area contributed by atoms with Gasteiger partial charge in [-0.3, -0.25) is 9.59 Å². The highest BCUT2D eigenvalue weighted by molar-refractivity contribution is 7.99. The molecule has 0 atom stereocenters. The molecule has 1 aromatic heterocycles. The third kappa shape index (κ3) is 5.60. The summed E-state index contributed by atoms with van der Waals surface area (Å²) in [6.07, 6.45) is 0.429. The Morgan fingerprint density at radius 2 is 1.87 bits per heavy atom. The van der Waals surface area contributed by atoms with Crippen LogP contribution in [0.3, 0.4) is 0 Å². The predicted molar refractivity (Wildman–Crippen MR) is 112 cm³/mol. The first kappa shape index (κ1) is 21.4. The first-order valence-electron chi connectivity index (χ1n) is 9.05. The van der Waals surface area contributed by atoms with E-state index in [9.17, 15) is 9.59 Å². The fourth-order valence-corrected chi connectivity index (χ4v) is 3.25. The number of carbonyl (C=O) groups excluding carboxylic acids is 2. The highest BCUT2D eigenvalue weighted by atomic mass is 32.2. The molecule has 0 unspecified atom stereocenters. The predicted octanol–water partition coefficient (Wildman–Crippen LogP) is 3.61. The van der Waals surface area contributed by atoms with Gasteiger partial charge in [0, 0.05) is 11.3 Å². The third-order valence-electron chi connectivity index (χ3n) is 4.13. The number of anilines is 1. The second kappa shape index (κ2) is 9.93. The van der Waals surface area contributed by atoms with Crippen molar-refractivity contribution in [3.05, 3.63) is 59.5 Å². The number of hydrogen-bond acceptors (Lipinski definition) is 8. The molecule has 0 saturated heterocycles. The number of Topliss-reactive ketones (excluding diaryl/α,β-unsaturated/α-hetero) is 1. The Kier molecular flexibility index (Phi) is 7.08. The molecule has 0 radical (unpaired) electrons. The number of ether oxygens (including phenoxy) is 2. The normalized spacial score (nSPS) is 10.5. The highest BCUT2D eigenvalue weighted by Crippen LogP contribution is 2.28. The zero-order valence-corrected chi connectivity index (χ0v) is 17.6. The molecule has 8 nitrogen and oxygen atoms in total. The number of carbonyl (C=O) groups is 2. The smallest absolute Gasteiger partial charge is 0.277 e. The minimum atomic E-state index is -0.236. The summed E-state index contributed by atoms with van der Waals surface area (Å²) in [5, 5.41) is 11.0. The molecule has 9 heteroatoms. The number of nitrogens with one attached hydrogen (secondary N) is 1. The first-order valence-corrected chi connectivity index (χ1v) is 10.0. The van der Waals surface area contributed by atoms with Crippen LogP contribution in [-0.4, -0.2) is 41.9 Å². The zero-order chi connectivity index (χ0) is 21.5. The van der Waals surface area contributed by atoms with Crippen LogP contribution < -0.4 is 14.8 Å². The van der Waals surface area contributed by atoms with Crippen LogP contribution in [0.15, 0.2) is 52.1 Å². The van der Waals surface area contributed by atoms with Gasteiger partial charge >= 0.3 is 0 Å². The van der Waals surface area contributed by atoms with E-state index in [-0.39, 0.29) is 17.4 Å². The Labute approximate surface area is 178 Å². The van der Waals surface area contributed by atoms with Gasteiger partial charge in [0.15, 0.2) is 17.3 Å². The van der Waals surface area contributed by atoms with Gasteiger partial charge in [0.2, 0.25) is 11.8 Å². The van der Waals surface area contributed by atoms with E-state index in [4.69, 9.17) is 13.9 Å². The Morgan fingerprint density at radius 1 is 1.07 bits per heavy atom. The molecule has 0 fully saturated rings. The fraction of sp³-hybridized carbons (Fsp3) is 0.238. The summed E-state index contributed by atoms with van der Waals surface area (Å²) in [6.45, 7) is 1.48. The number of aromatic nitrogens is 2. The summed E-state index contributed by atoms with van der Waals surface area (Å²) >= 11 is 1.14. The van der Waals surface area contributed by atoms with Crippen molar-refractivity contribution < 1.29 is 23.5 Å². The van der Waals surface area contributed by atoms with Crippen LogP contribution in [-0.2, 0) is 11.2 Å². The molecule has 156 valence electrons. The largest absolute Gasteiger partial charge is 0.493 e. The molecule has 30 heavy (non-hydrogen) atoms. The topological polar surface area (TPSA) is 104 Å². The lowest BCUT2D eigenvalue weighted by molar-refractivity contribution is -0.113. The van der Waals surface area contributed by atoms with Gasteiger partial charge in [-0.25, -0.2) is 0 Å². The van der Waals surface area contributed by atoms with Gasteiger partial charge in [0.1, 0.15) is 0 Å². The molecular formula is C21H21N3O5S. The van der Waals surface area contributed by atoms with Crippen LogP contribution in [0, 0.1) is 0 Å². The molecular weight excluding hydrogens is 406 g/mol. The second-order valence-electron chi connectivity index (χ2n) is 6.30. The maximum Gasteiger partial charge on any atom is 0.277 e. The van der Waals surface area contributed by atoms with Crippen molar-refractivity contribution in [3.8, 4) is 11.5 Å². The summed E-state index contributed by atoms with van der Waals surface area (Å²) in [5.41, 5.74) is 2.03. The van der Waals surface area contributed by atoms with E-state index in [2.05, 4.69) is 15.5 Å². The number of rotatable bonds is 9. The van der Waals surface area contributed by atoms with Gasteiger partial charge in [-0.1, -0.05) is 30.0 Å². The third-order valence-corrected chi connectivity index (χ3v) is 4.95. The number of nitrogens with zero attached hydrogens (tertiary/aromatic N) is 2. The van der Waals surface area contributed by atoms with Gasteiger partial charge in [0.05, 0.1) is 26.4 Å². The van der Waals surface area contributed by atoms with Crippen molar-refractivity contribution in [2.45, 2.75) is 18.6 Å². The van der Waals surface area contributed by atoms with Crippen molar-refractivity contribution in [2.75, 3.05) is 25.3 Å². The molecule has 0 bridgehead atoms. The van der Waals surface area contributed by atoms with E-state index in [1.807, 2.05) is 18.2 Å². The number of benzene rings is 2. The molecule has 0 aliphatic rings. The lowest BCUT2D eigenvalue weighted by Crippen LogP contribution is -2.14. The molecule has 0 saturated carbocycles. The van der Waals surface area contributed by atoms with Gasteiger partial charge in [0.25, 0.3) is 5.22 Å². The summed E-state index contributed by atoms with van der Waals surface area (Å²) in [4.78, 5) is 23.6. The van der Waals surface area contributed by atoms with E-state index < -0.39 is 0 Å². The molecule has 0 spiro atoms. The van der Waals surface area contributed by atoms with E-state index in [1.165, 1.54) is 6.92 Å². The number of ketones is 1. The Morgan fingerprint density at radius 3 is 2.60 bits per heavy atom. The number of amides is 1. The Hall–Kier alpha value is -3.33. The second-order valence-corrected chi connectivity index (χ2v) is 7.23. The van der Waals surface area contributed by atoms with E-state index in [0.717, 1.165) is 17.3 Å². The summed E-state index contributed by atoms with van der Waals surface area (Å²) in [7, 11) is 3.15. The monoisotopic (exact) mass is 427 g/mol. The standard InChI is InChI=1S/C21H21N3O5S/c1-13(25)15-5-4-6-16(11-15)22-19(26)12-30-21-24-23-20(29-21)10-14-7-8-17(27-2)18(9-14)28-3/h4-9,11H,10,12H2,1-3H3,(H,22,26). The van der Waals surface area contributed by atoms with Crippen LogP contribution in [0.2, 0.25) is 0 Å². The quantitative estimate of drug-likeness (QED) is 0.408. The lowest BCUT2D eigenvalue weighted by atomic mass is 10.1. The molecule has 3 aromatic rings. The average Bonchev–Trinajstić information content (AvgIpc) is 3.19. The van der Waals surface area contributed by atoms with Crippen molar-refractivity contribution in [3.63, 3.8) is 0 Å². The maximum atomic E-state index is 12.2. The molecule has 1 N–H and O–H groups in total. The Bertz CT molecular complexity index is 1050. The van der Waals surface area contributed by atoms with Crippen LogP contribution in [0.5, 0.6) is 11.5 Å². The first-order chi connectivity index (χ1) is 14.5. The molecule has 0 aliphatic heterocycles. The minimum Gasteiger partial charge on any atom is -0.493 e. The van der Waals surface area contributed by atoms with Crippen LogP contribution in [0.25, 0.3) is 0 Å². The van der Waals surface area contributed by atoms with Crippen molar-refractivity contribution >= 4 is 29.1 Å². The van der Waals surface area contributed by atoms with Gasteiger partial charge in [-0.05, 0) is 36.8 Å². The number of methoxy groups -OCH3 is 2. The van der Waals surface area contributed by atoms with E-state index >= 15 is 0 Å². The van der Waals surface area contributed by atoms with Crippen LogP contribution >= 0.6 is 11.8 Å². The minimum absolute atomic E-state index is 0.0617. The molecule has 1 heterocycles. The molecule has 1 amide bonds. The Balaban J connectivity index is 1.55. The van der Waals surface area contributed by atoms with E-state index in [1.54, 1.807) is 38.5 Å². The van der Waals surface area contributed by atoms with Gasteiger partial charge in [-0.2, -0.15) is 0 Å². The van der Waals surface area contributed by atoms with Crippen LogP contribution in [0.4, 0.5) is 5.69 Å². The SMILES string of the molecule is COc1ccc(Cc2nnc(SCC(=O)Nc3cccc(C(C)=O)c3)o2)cc1OC. The van der Waals surface area contributed by atoms with Gasteiger partial charge < -0.3 is 19.2 Å². The molecule has 2 aromatic carbocycles. The van der Waals surface area contributed by atoms with Crippen LogP contribution in [0.1, 0.15) is 28.7 Å². The maximum absolute atomic E-state index is 12.2. The lowest BCUT2D eigenvalue weighted by Gasteiger charge is -2.08. The summed E-state index contributed by atoms with van der Waals surface area (Å²) in [6, 6.07) is 12.3. The van der Waals surface area contributed by atoms with E-state index in [0.29, 0.717) is 40.3 Å². The number of hydrogen-bond donors (Lipinski definition) is 1. The van der Waals surface area contributed by atoms with Gasteiger partial charge in [-0.15, -0.1) is 10.2 Å². The summed E-state index contributed by atoms with van der Waals surface area (Å²) < 4.78 is 16.1. The fourth-order valence-electron chi connectivity index (χ4n) is 2.67. The average molecular weight is 427 g/mol. The van der Waals surface area contributed by atoms with Crippen molar-refractivity contribution in [1.82, 2.24) is 10.2 Å². The van der Waals surface area contributed by atoms with Crippen molar-refractivity contribution in [2.24, 2.45) is 0 Å². The highest BCUT2D eigenvalue weighted by Gasteiger charge is 2.12. The number of thioether (sulfide) groups is 1.